The molecule has 0 aliphatic carbocycles. The Morgan fingerprint density at radius 1 is 1.25 bits per heavy atom. The lowest BCUT2D eigenvalue weighted by molar-refractivity contribution is 0.102. The topological polar surface area (TPSA) is 55.1 Å². The second-order valence-corrected chi connectivity index (χ2v) is 4.70. The van der Waals surface area contributed by atoms with E-state index in [-0.39, 0.29) is 11.4 Å². The molecule has 0 saturated heterocycles. The number of nitrogens with one attached hydrogen (secondary N) is 1. The van der Waals surface area contributed by atoms with Gasteiger partial charge in [0.1, 0.15) is 11.5 Å². The zero-order valence-corrected chi connectivity index (χ0v) is 11.3. The number of carbonyl (C=O) groups is 1. The van der Waals surface area contributed by atoms with Crippen LogP contribution in [0.15, 0.2) is 30.3 Å². The van der Waals surface area contributed by atoms with Gasteiger partial charge in [-0.1, -0.05) is 11.6 Å². The largest absolute Gasteiger partial charge is 0.397 e. The van der Waals surface area contributed by atoms with Gasteiger partial charge in [-0.3, -0.25) is 4.79 Å². The molecule has 2 aromatic rings. The Morgan fingerprint density at radius 3 is 2.55 bits per heavy atom. The average molecular weight is 297 g/mol. The number of amides is 1. The minimum absolute atomic E-state index is 0.178. The van der Waals surface area contributed by atoms with Gasteiger partial charge in [0.25, 0.3) is 5.91 Å². The minimum atomic E-state index is -0.928. The van der Waals surface area contributed by atoms with Gasteiger partial charge in [-0.15, -0.1) is 0 Å². The number of nitrogens with two attached hydrogens (primary N) is 1. The Balaban J connectivity index is 2.33. The van der Waals surface area contributed by atoms with E-state index in [4.69, 9.17) is 17.3 Å². The fourth-order valence-corrected chi connectivity index (χ4v) is 2.01. The summed E-state index contributed by atoms with van der Waals surface area (Å²) < 4.78 is 26.5. The highest BCUT2D eigenvalue weighted by molar-refractivity contribution is 6.30. The first-order valence-electron chi connectivity index (χ1n) is 5.70. The summed E-state index contributed by atoms with van der Waals surface area (Å²) in [5, 5.41) is 2.83. The van der Waals surface area contributed by atoms with Crippen molar-refractivity contribution in [2.24, 2.45) is 0 Å². The normalized spacial score (nSPS) is 10.4. The molecular weight excluding hydrogens is 286 g/mol. The van der Waals surface area contributed by atoms with Crippen LogP contribution in [0.5, 0.6) is 0 Å². The molecule has 0 aliphatic rings. The molecule has 1 amide bonds. The van der Waals surface area contributed by atoms with Gasteiger partial charge in [-0.25, -0.2) is 8.78 Å². The lowest BCUT2D eigenvalue weighted by Gasteiger charge is -2.11. The molecule has 0 radical (unpaired) electrons. The van der Waals surface area contributed by atoms with E-state index < -0.39 is 17.5 Å². The highest BCUT2D eigenvalue weighted by atomic mass is 35.5. The fraction of sp³-hybridized carbons (Fsp3) is 0.0714. The predicted molar refractivity (Wildman–Crippen MR) is 74.9 cm³/mol. The summed E-state index contributed by atoms with van der Waals surface area (Å²) in [6.45, 7) is 1.70. The molecule has 104 valence electrons. The number of hydrogen-bond acceptors (Lipinski definition) is 2. The van der Waals surface area contributed by atoms with Crippen LogP contribution in [0.1, 0.15) is 15.9 Å². The Bertz CT molecular complexity index is 666. The smallest absolute Gasteiger partial charge is 0.256 e. The molecule has 0 saturated carbocycles. The number of benzene rings is 2. The molecule has 2 rings (SSSR count). The molecule has 0 aliphatic heterocycles. The minimum Gasteiger partial charge on any atom is -0.397 e. The highest BCUT2D eigenvalue weighted by Crippen LogP contribution is 2.25. The van der Waals surface area contributed by atoms with Crippen LogP contribution in [-0.2, 0) is 0 Å². The first-order chi connectivity index (χ1) is 9.38. The number of hydrogen-bond donors (Lipinski definition) is 2. The number of aryl methyl sites for hydroxylation is 1. The average Bonchev–Trinajstić information content (AvgIpc) is 2.33. The molecule has 0 heterocycles. The van der Waals surface area contributed by atoms with Crippen LogP contribution in [0.25, 0.3) is 0 Å². The lowest BCUT2D eigenvalue weighted by Crippen LogP contribution is -2.16. The van der Waals surface area contributed by atoms with Gasteiger partial charge in [-0.05, 0) is 36.8 Å². The van der Waals surface area contributed by atoms with Crippen molar-refractivity contribution in [1.29, 1.82) is 0 Å². The first kappa shape index (κ1) is 14.3. The van der Waals surface area contributed by atoms with E-state index in [1.165, 1.54) is 6.07 Å². The van der Waals surface area contributed by atoms with Crippen LogP contribution < -0.4 is 11.1 Å². The summed E-state index contributed by atoms with van der Waals surface area (Å²) in [7, 11) is 0. The molecule has 6 heteroatoms. The van der Waals surface area contributed by atoms with E-state index in [9.17, 15) is 13.6 Å². The van der Waals surface area contributed by atoms with Crippen molar-refractivity contribution in [1.82, 2.24) is 0 Å². The molecule has 2 aromatic carbocycles. The maximum atomic E-state index is 13.6. The molecule has 3 N–H and O–H groups in total. The summed E-state index contributed by atoms with van der Waals surface area (Å²) in [5.74, 6) is -2.28. The zero-order valence-electron chi connectivity index (χ0n) is 10.5. The summed E-state index contributed by atoms with van der Waals surface area (Å²) >= 11 is 5.80. The van der Waals surface area contributed by atoms with E-state index in [0.717, 1.165) is 6.07 Å². The van der Waals surface area contributed by atoms with Crippen LogP contribution >= 0.6 is 11.6 Å². The highest BCUT2D eigenvalue weighted by Gasteiger charge is 2.15. The molecule has 0 aromatic heterocycles. The summed E-state index contributed by atoms with van der Waals surface area (Å²) in [6, 6.07) is 6.27. The van der Waals surface area contributed by atoms with Crippen LogP contribution in [0, 0.1) is 18.6 Å². The molecule has 0 fully saturated rings. The van der Waals surface area contributed by atoms with Gasteiger partial charge in [0, 0.05) is 16.7 Å². The Labute approximate surface area is 119 Å². The van der Waals surface area contributed by atoms with Crippen molar-refractivity contribution >= 4 is 28.9 Å². The Kier molecular flexibility index (Phi) is 3.90. The third-order valence-corrected chi connectivity index (χ3v) is 2.99. The van der Waals surface area contributed by atoms with Gasteiger partial charge >= 0.3 is 0 Å². The van der Waals surface area contributed by atoms with Gasteiger partial charge in [-0.2, -0.15) is 0 Å². The van der Waals surface area contributed by atoms with Gasteiger partial charge < -0.3 is 11.1 Å². The molecule has 0 atom stereocenters. The van der Waals surface area contributed by atoms with Crippen molar-refractivity contribution in [3.63, 3.8) is 0 Å². The van der Waals surface area contributed by atoms with Crippen LogP contribution in [0.2, 0.25) is 5.02 Å². The third-order valence-electron chi connectivity index (χ3n) is 2.76. The van der Waals surface area contributed by atoms with E-state index in [1.54, 1.807) is 19.1 Å². The first-order valence-corrected chi connectivity index (χ1v) is 6.08. The van der Waals surface area contributed by atoms with Crippen molar-refractivity contribution < 1.29 is 13.6 Å². The van der Waals surface area contributed by atoms with Crippen molar-refractivity contribution in [3.8, 4) is 0 Å². The Morgan fingerprint density at radius 2 is 1.95 bits per heavy atom. The fourth-order valence-electron chi connectivity index (χ4n) is 1.79. The SMILES string of the molecule is Cc1cc(Cl)ccc1C(=O)Nc1c(N)cc(F)cc1F. The standard InChI is InChI=1S/C14H11ClF2N2O/c1-7-4-8(15)2-3-10(7)14(20)19-13-11(17)5-9(16)6-12(13)18/h2-6H,18H2,1H3,(H,19,20). The van der Waals surface area contributed by atoms with E-state index in [2.05, 4.69) is 5.32 Å². The maximum Gasteiger partial charge on any atom is 0.256 e. The molecule has 0 spiro atoms. The number of nitrogen functional groups attached to an aromatic ring is 1. The van der Waals surface area contributed by atoms with Crippen LogP contribution in [0.4, 0.5) is 20.2 Å². The molecule has 20 heavy (non-hydrogen) atoms. The number of carbonyl (C=O) groups excluding carboxylic acids is 1. The third kappa shape index (κ3) is 2.88. The van der Waals surface area contributed by atoms with Gasteiger partial charge in [0.2, 0.25) is 0 Å². The monoisotopic (exact) mass is 296 g/mol. The van der Waals surface area contributed by atoms with Crippen LogP contribution in [0.3, 0.4) is 0 Å². The molecular formula is C14H11ClF2N2O. The molecule has 0 unspecified atom stereocenters. The van der Waals surface area contributed by atoms with E-state index in [0.29, 0.717) is 22.2 Å². The Hall–Kier alpha value is -2.14. The lowest BCUT2D eigenvalue weighted by atomic mass is 10.1. The summed E-state index contributed by atoms with van der Waals surface area (Å²) in [4.78, 5) is 12.1. The number of anilines is 2. The van der Waals surface area contributed by atoms with Gasteiger partial charge in [0.15, 0.2) is 5.82 Å². The van der Waals surface area contributed by atoms with Crippen molar-refractivity contribution in [2.75, 3.05) is 11.1 Å². The van der Waals surface area contributed by atoms with Crippen molar-refractivity contribution in [3.05, 3.63) is 58.1 Å². The zero-order chi connectivity index (χ0) is 14.9. The van der Waals surface area contributed by atoms with E-state index in [1.807, 2.05) is 0 Å². The maximum absolute atomic E-state index is 13.6. The second kappa shape index (κ2) is 5.46. The molecule has 0 bridgehead atoms. The predicted octanol–water partition coefficient (Wildman–Crippen LogP) is 3.76. The summed E-state index contributed by atoms with van der Waals surface area (Å²) in [5.41, 5.74) is 6.04. The van der Waals surface area contributed by atoms with Crippen molar-refractivity contribution in [2.45, 2.75) is 6.92 Å². The van der Waals surface area contributed by atoms with Gasteiger partial charge in [0.05, 0.1) is 5.69 Å². The second-order valence-electron chi connectivity index (χ2n) is 4.27. The molecule has 3 nitrogen and oxygen atoms in total. The number of rotatable bonds is 2. The van der Waals surface area contributed by atoms with Crippen LogP contribution in [-0.4, -0.2) is 5.91 Å². The summed E-state index contributed by atoms with van der Waals surface area (Å²) in [6.07, 6.45) is 0. The quantitative estimate of drug-likeness (QED) is 0.829. The van der Waals surface area contributed by atoms with E-state index >= 15 is 0 Å². The number of halogens is 3.